The number of nitrogens with one attached hydrogen (secondary N) is 1. The van der Waals surface area contributed by atoms with E-state index >= 15 is 0 Å². The van der Waals surface area contributed by atoms with Gasteiger partial charge in [0, 0.05) is 5.69 Å². The molecule has 0 radical (unpaired) electrons. The monoisotopic (exact) mass is 404 g/mol. The third-order valence-corrected chi connectivity index (χ3v) is 4.24. The van der Waals surface area contributed by atoms with E-state index in [1.807, 2.05) is 13.0 Å². The van der Waals surface area contributed by atoms with Crippen molar-refractivity contribution >= 4 is 40.9 Å². The Morgan fingerprint density at radius 3 is 2.59 bits per heavy atom. The van der Waals surface area contributed by atoms with E-state index in [0.29, 0.717) is 39.4 Å². The molecule has 0 unspecified atom stereocenters. The number of nitrogens with zero attached hydrogens (tertiary/aromatic N) is 1. The lowest BCUT2D eigenvalue weighted by atomic mass is 10.1. The molecule has 0 aliphatic heterocycles. The van der Waals surface area contributed by atoms with E-state index in [1.165, 1.54) is 19.3 Å². The molecule has 0 heterocycles. The molecule has 5 nitrogen and oxygen atoms in total. The van der Waals surface area contributed by atoms with Gasteiger partial charge in [-0.3, -0.25) is 4.79 Å². The first-order chi connectivity index (χ1) is 13.0. The van der Waals surface area contributed by atoms with Gasteiger partial charge in [0.15, 0.2) is 11.5 Å². The van der Waals surface area contributed by atoms with Crippen LogP contribution in [0.3, 0.4) is 0 Å². The van der Waals surface area contributed by atoms with E-state index in [1.54, 1.807) is 30.3 Å². The van der Waals surface area contributed by atoms with E-state index in [-0.39, 0.29) is 5.57 Å². The molecule has 0 aromatic heterocycles. The Hall–Kier alpha value is -2.68. The highest BCUT2D eigenvalue weighted by Gasteiger charge is 2.12. The Kier molecular flexibility index (Phi) is 7.54. The van der Waals surface area contributed by atoms with Crippen molar-refractivity contribution in [2.24, 2.45) is 0 Å². The molecule has 0 spiro atoms. The number of hydrogen-bond donors (Lipinski definition) is 1. The minimum Gasteiger partial charge on any atom is -0.493 e. The van der Waals surface area contributed by atoms with Crippen molar-refractivity contribution in [2.45, 2.75) is 13.3 Å². The molecule has 27 heavy (non-hydrogen) atoms. The molecule has 0 saturated carbocycles. The number of carbonyl (C=O) groups excluding carboxylic acids is 1. The highest BCUT2D eigenvalue weighted by atomic mass is 35.5. The van der Waals surface area contributed by atoms with Crippen molar-refractivity contribution in [2.75, 3.05) is 19.0 Å². The van der Waals surface area contributed by atoms with E-state index < -0.39 is 5.91 Å². The first kappa shape index (κ1) is 20.6. The van der Waals surface area contributed by atoms with Crippen LogP contribution in [-0.4, -0.2) is 19.6 Å². The number of halogens is 2. The Bertz CT molecular complexity index is 905. The van der Waals surface area contributed by atoms with Gasteiger partial charge >= 0.3 is 0 Å². The summed E-state index contributed by atoms with van der Waals surface area (Å²) >= 11 is 11.8. The van der Waals surface area contributed by atoms with Crippen LogP contribution in [0, 0.1) is 11.3 Å². The second-order valence-corrected chi connectivity index (χ2v) is 6.33. The molecule has 140 valence electrons. The first-order valence-corrected chi connectivity index (χ1v) is 8.93. The van der Waals surface area contributed by atoms with Crippen molar-refractivity contribution in [1.29, 1.82) is 5.26 Å². The number of methoxy groups -OCH3 is 1. The van der Waals surface area contributed by atoms with Crippen molar-refractivity contribution in [3.05, 3.63) is 57.6 Å². The second kappa shape index (κ2) is 9.86. The fourth-order valence-corrected chi connectivity index (χ4v) is 2.49. The highest BCUT2D eigenvalue weighted by molar-refractivity contribution is 6.42. The summed E-state index contributed by atoms with van der Waals surface area (Å²) in [7, 11) is 1.53. The topological polar surface area (TPSA) is 71.3 Å². The zero-order valence-electron chi connectivity index (χ0n) is 14.9. The summed E-state index contributed by atoms with van der Waals surface area (Å²) in [6.07, 6.45) is 2.34. The van der Waals surface area contributed by atoms with Crippen LogP contribution in [0.1, 0.15) is 18.9 Å². The number of carbonyl (C=O) groups is 1. The number of nitriles is 1. The molecule has 2 rings (SSSR count). The number of benzene rings is 2. The summed E-state index contributed by atoms with van der Waals surface area (Å²) < 4.78 is 10.9. The number of rotatable bonds is 7. The number of anilines is 1. The molecule has 0 bridgehead atoms. The fourth-order valence-electron chi connectivity index (χ4n) is 2.19. The Morgan fingerprint density at radius 1 is 1.19 bits per heavy atom. The van der Waals surface area contributed by atoms with Crippen molar-refractivity contribution in [1.82, 2.24) is 0 Å². The largest absolute Gasteiger partial charge is 0.493 e. The number of hydrogen-bond acceptors (Lipinski definition) is 4. The van der Waals surface area contributed by atoms with E-state index in [4.69, 9.17) is 32.7 Å². The maximum Gasteiger partial charge on any atom is 0.266 e. The quantitative estimate of drug-likeness (QED) is 0.499. The average molecular weight is 405 g/mol. The van der Waals surface area contributed by atoms with Gasteiger partial charge in [-0.15, -0.1) is 0 Å². The van der Waals surface area contributed by atoms with Gasteiger partial charge in [-0.25, -0.2) is 0 Å². The molecule has 0 aliphatic rings. The summed E-state index contributed by atoms with van der Waals surface area (Å²) in [4.78, 5) is 12.4. The van der Waals surface area contributed by atoms with Gasteiger partial charge in [0.05, 0.1) is 23.8 Å². The van der Waals surface area contributed by atoms with Crippen LogP contribution < -0.4 is 14.8 Å². The molecule has 2 aromatic carbocycles. The second-order valence-electron chi connectivity index (χ2n) is 5.51. The molecule has 1 amide bonds. The van der Waals surface area contributed by atoms with Crippen LogP contribution >= 0.6 is 23.2 Å². The van der Waals surface area contributed by atoms with Crippen LogP contribution in [0.2, 0.25) is 10.0 Å². The maximum atomic E-state index is 12.4. The lowest BCUT2D eigenvalue weighted by Gasteiger charge is -2.11. The predicted molar refractivity (Wildman–Crippen MR) is 107 cm³/mol. The predicted octanol–water partition coefficient (Wildman–Crippen LogP) is 5.34. The first-order valence-electron chi connectivity index (χ1n) is 8.17. The van der Waals surface area contributed by atoms with Crippen LogP contribution in [-0.2, 0) is 4.79 Å². The van der Waals surface area contributed by atoms with Gasteiger partial charge in [-0.2, -0.15) is 5.26 Å². The van der Waals surface area contributed by atoms with Gasteiger partial charge in [-0.05, 0) is 48.4 Å². The highest BCUT2D eigenvalue weighted by Crippen LogP contribution is 2.29. The zero-order chi connectivity index (χ0) is 19.8. The molecule has 2 aromatic rings. The molecule has 1 N–H and O–H groups in total. The standard InChI is InChI=1S/C20H18Cl2N2O3/c1-3-8-27-18-7-4-13(10-19(18)26-2)9-14(12-23)20(25)24-15-5-6-16(21)17(22)11-15/h4-7,9-11H,3,8H2,1-2H3,(H,24,25)/b14-9+. The van der Waals surface area contributed by atoms with Crippen LogP contribution in [0.5, 0.6) is 11.5 Å². The number of amides is 1. The van der Waals surface area contributed by atoms with Crippen LogP contribution in [0.25, 0.3) is 6.08 Å². The Morgan fingerprint density at radius 2 is 1.96 bits per heavy atom. The van der Waals surface area contributed by atoms with Crippen LogP contribution in [0.15, 0.2) is 42.0 Å². The Balaban J connectivity index is 2.22. The SMILES string of the molecule is CCCOc1ccc(/C=C(\C#N)C(=O)Nc2ccc(Cl)c(Cl)c2)cc1OC. The van der Waals surface area contributed by atoms with E-state index in [9.17, 15) is 10.1 Å². The normalized spacial score (nSPS) is 10.9. The zero-order valence-corrected chi connectivity index (χ0v) is 16.4. The smallest absolute Gasteiger partial charge is 0.266 e. The minimum absolute atomic E-state index is 0.0645. The molecule has 0 fully saturated rings. The summed E-state index contributed by atoms with van der Waals surface area (Å²) in [5, 5.41) is 12.7. The molecular formula is C20H18Cl2N2O3. The summed E-state index contributed by atoms with van der Waals surface area (Å²) in [5.74, 6) is 0.579. The molecular weight excluding hydrogens is 387 g/mol. The summed E-state index contributed by atoms with van der Waals surface area (Å²) in [6.45, 7) is 2.58. The lowest BCUT2D eigenvalue weighted by molar-refractivity contribution is -0.112. The maximum absolute atomic E-state index is 12.4. The van der Waals surface area contributed by atoms with Crippen molar-refractivity contribution < 1.29 is 14.3 Å². The van der Waals surface area contributed by atoms with Crippen molar-refractivity contribution in [3.63, 3.8) is 0 Å². The third kappa shape index (κ3) is 5.65. The van der Waals surface area contributed by atoms with Gasteiger partial charge in [-0.1, -0.05) is 36.2 Å². The Labute approximate surface area is 168 Å². The summed E-state index contributed by atoms with van der Waals surface area (Å²) in [6, 6.07) is 11.8. The minimum atomic E-state index is -0.554. The molecule has 7 heteroatoms. The fraction of sp³-hybridized carbons (Fsp3) is 0.200. The molecule has 0 atom stereocenters. The lowest BCUT2D eigenvalue weighted by Crippen LogP contribution is -2.13. The van der Waals surface area contributed by atoms with E-state index in [0.717, 1.165) is 6.42 Å². The number of ether oxygens (including phenoxy) is 2. The van der Waals surface area contributed by atoms with Crippen molar-refractivity contribution in [3.8, 4) is 17.6 Å². The molecule has 0 saturated heterocycles. The summed E-state index contributed by atoms with van der Waals surface area (Å²) in [5.41, 5.74) is 1.01. The average Bonchev–Trinajstić information content (AvgIpc) is 2.67. The third-order valence-electron chi connectivity index (χ3n) is 3.50. The molecule has 0 aliphatic carbocycles. The van der Waals surface area contributed by atoms with Gasteiger partial charge in [0.1, 0.15) is 11.6 Å². The van der Waals surface area contributed by atoms with Gasteiger partial charge < -0.3 is 14.8 Å². The van der Waals surface area contributed by atoms with Gasteiger partial charge in [0.25, 0.3) is 5.91 Å². The van der Waals surface area contributed by atoms with E-state index in [2.05, 4.69) is 5.32 Å². The van der Waals surface area contributed by atoms with Crippen LogP contribution in [0.4, 0.5) is 5.69 Å². The van der Waals surface area contributed by atoms with Gasteiger partial charge in [0.2, 0.25) is 0 Å².